The summed E-state index contributed by atoms with van der Waals surface area (Å²) in [4.78, 5) is 0.227. The van der Waals surface area contributed by atoms with E-state index in [0.29, 0.717) is 16.1 Å². The fourth-order valence-corrected chi connectivity index (χ4v) is 2.64. The van der Waals surface area contributed by atoms with Crippen molar-refractivity contribution in [2.45, 2.75) is 19.9 Å². The van der Waals surface area contributed by atoms with Gasteiger partial charge < -0.3 is 11.1 Å². The second kappa shape index (κ2) is 6.41. The van der Waals surface area contributed by atoms with E-state index in [1.54, 1.807) is 19.1 Å². The van der Waals surface area contributed by atoms with Crippen LogP contribution in [0, 0.1) is 12.7 Å². The molecule has 0 spiro atoms. The van der Waals surface area contributed by atoms with Gasteiger partial charge in [0, 0.05) is 11.7 Å². The molecule has 0 bridgehead atoms. The van der Waals surface area contributed by atoms with Gasteiger partial charge in [-0.15, -0.1) is 0 Å². The van der Waals surface area contributed by atoms with Gasteiger partial charge in [-0.25, -0.2) is 4.39 Å². The van der Waals surface area contributed by atoms with Crippen molar-refractivity contribution in [2.75, 3.05) is 5.32 Å². The molecule has 0 aliphatic rings. The number of hydrogen-bond acceptors (Lipinski definition) is 2. The first-order valence-corrected chi connectivity index (χ1v) is 7.29. The number of nitrogens with one attached hydrogen (secondary N) is 1. The molecular formula is C16H16ClFN2S. The molecule has 110 valence electrons. The van der Waals surface area contributed by atoms with Gasteiger partial charge >= 0.3 is 0 Å². The summed E-state index contributed by atoms with van der Waals surface area (Å²) >= 11 is 11.2. The zero-order valence-corrected chi connectivity index (χ0v) is 13.4. The molecule has 0 fully saturated rings. The van der Waals surface area contributed by atoms with E-state index in [2.05, 4.69) is 5.32 Å². The lowest BCUT2D eigenvalue weighted by molar-refractivity contribution is 0.614. The lowest BCUT2D eigenvalue weighted by atomic mass is 10.0. The highest BCUT2D eigenvalue weighted by Crippen LogP contribution is 2.28. The van der Waals surface area contributed by atoms with E-state index in [1.165, 1.54) is 6.07 Å². The van der Waals surface area contributed by atoms with Gasteiger partial charge in [-0.05, 0) is 43.2 Å². The minimum Gasteiger partial charge on any atom is -0.389 e. The van der Waals surface area contributed by atoms with Crippen LogP contribution < -0.4 is 11.1 Å². The maximum absolute atomic E-state index is 13.7. The Morgan fingerprint density at radius 2 is 2.05 bits per heavy atom. The number of rotatable bonds is 4. The Morgan fingerprint density at radius 1 is 1.33 bits per heavy atom. The molecule has 0 aromatic heterocycles. The summed E-state index contributed by atoms with van der Waals surface area (Å²) in [6.07, 6.45) is 0. The quantitative estimate of drug-likeness (QED) is 0.808. The predicted octanol–water partition coefficient (Wildman–Crippen LogP) is 4.59. The normalized spacial score (nSPS) is 12.0. The van der Waals surface area contributed by atoms with Gasteiger partial charge in [-0.2, -0.15) is 0 Å². The van der Waals surface area contributed by atoms with Crippen molar-refractivity contribution in [3.05, 3.63) is 63.9 Å². The summed E-state index contributed by atoms with van der Waals surface area (Å²) in [6, 6.07) is 10.5. The van der Waals surface area contributed by atoms with Crippen LogP contribution in [0.5, 0.6) is 0 Å². The van der Waals surface area contributed by atoms with Crippen LogP contribution in [0.1, 0.15) is 29.7 Å². The third kappa shape index (κ3) is 3.52. The van der Waals surface area contributed by atoms with Crippen LogP contribution in [0.2, 0.25) is 5.02 Å². The number of thiocarbonyl (C=S) groups is 1. The number of halogens is 2. The van der Waals surface area contributed by atoms with Gasteiger partial charge in [0.05, 0.1) is 10.6 Å². The molecule has 2 aromatic rings. The summed E-state index contributed by atoms with van der Waals surface area (Å²) in [5, 5.41) is 3.77. The third-order valence-electron chi connectivity index (χ3n) is 3.33. The maximum Gasteiger partial charge on any atom is 0.126 e. The van der Waals surface area contributed by atoms with Crippen LogP contribution in [0.25, 0.3) is 0 Å². The van der Waals surface area contributed by atoms with E-state index in [-0.39, 0.29) is 16.8 Å². The van der Waals surface area contributed by atoms with Crippen LogP contribution >= 0.6 is 23.8 Å². The first kappa shape index (κ1) is 15.7. The van der Waals surface area contributed by atoms with Crippen molar-refractivity contribution in [3.63, 3.8) is 0 Å². The highest BCUT2D eigenvalue weighted by molar-refractivity contribution is 7.80. The van der Waals surface area contributed by atoms with E-state index in [9.17, 15) is 4.39 Å². The zero-order chi connectivity index (χ0) is 15.6. The Morgan fingerprint density at radius 3 is 2.67 bits per heavy atom. The highest BCUT2D eigenvalue weighted by Gasteiger charge is 2.13. The summed E-state index contributed by atoms with van der Waals surface area (Å²) in [5.41, 5.74) is 8.53. The molecule has 2 rings (SSSR count). The van der Waals surface area contributed by atoms with Gasteiger partial charge in [0.1, 0.15) is 10.8 Å². The molecule has 21 heavy (non-hydrogen) atoms. The van der Waals surface area contributed by atoms with Crippen molar-refractivity contribution < 1.29 is 4.39 Å². The fourth-order valence-electron chi connectivity index (χ4n) is 2.09. The maximum atomic E-state index is 13.7. The van der Waals surface area contributed by atoms with Gasteiger partial charge in [-0.3, -0.25) is 0 Å². The zero-order valence-electron chi connectivity index (χ0n) is 11.8. The molecule has 0 saturated heterocycles. The average molecular weight is 323 g/mol. The van der Waals surface area contributed by atoms with Gasteiger partial charge in [0.15, 0.2) is 0 Å². The van der Waals surface area contributed by atoms with Crippen molar-refractivity contribution in [2.24, 2.45) is 5.73 Å². The van der Waals surface area contributed by atoms with Gasteiger partial charge in [-0.1, -0.05) is 42.0 Å². The first-order valence-electron chi connectivity index (χ1n) is 6.51. The lowest BCUT2D eigenvalue weighted by Crippen LogP contribution is -2.15. The number of anilines is 1. The highest BCUT2D eigenvalue weighted by atomic mass is 35.5. The van der Waals surface area contributed by atoms with E-state index >= 15 is 0 Å². The third-order valence-corrected chi connectivity index (χ3v) is 3.85. The van der Waals surface area contributed by atoms with E-state index < -0.39 is 0 Å². The Bertz CT molecular complexity index is 688. The molecule has 2 nitrogen and oxygen atoms in total. The Labute approximate surface area is 134 Å². The Balaban J connectivity index is 2.31. The van der Waals surface area contributed by atoms with Crippen LogP contribution in [0.3, 0.4) is 0 Å². The molecule has 0 radical (unpaired) electrons. The van der Waals surface area contributed by atoms with Crippen LogP contribution in [-0.2, 0) is 0 Å². The second-order valence-electron chi connectivity index (χ2n) is 4.90. The molecule has 3 N–H and O–H groups in total. The molecule has 1 atom stereocenters. The van der Waals surface area contributed by atoms with Crippen molar-refractivity contribution in [1.29, 1.82) is 0 Å². The predicted molar refractivity (Wildman–Crippen MR) is 90.5 cm³/mol. The molecule has 2 aromatic carbocycles. The topological polar surface area (TPSA) is 38.0 Å². The van der Waals surface area contributed by atoms with Crippen molar-refractivity contribution in [3.8, 4) is 0 Å². The minimum atomic E-state index is -0.221. The van der Waals surface area contributed by atoms with Gasteiger partial charge in [0.25, 0.3) is 0 Å². The fraction of sp³-hybridized carbons (Fsp3) is 0.188. The minimum absolute atomic E-state index is 0.105. The molecular weight excluding hydrogens is 307 g/mol. The van der Waals surface area contributed by atoms with E-state index in [0.717, 1.165) is 11.3 Å². The molecule has 0 amide bonds. The standard InChI is InChI=1S/C16H16ClFN2S/c1-9-6-7-11(8-13(9)18)10(2)20-14-5-3-4-12(17)15(14)16(19)21/h3-8,10,20H,1-2H3,(H2,19,21). The SMILES string of the molecule is Cc1ccc(C(C)Nc2cccc(Cl)c2C(N)=S)cc1F. The molecule has 0 heterocycles. The lowest BCUT2D eigenvalue weighted by Gasteiger charge is -2.19. The number of nitrogens with two attached hydrogens (primary N) is 1. The number of hydrogen-bond donors (Lipinski definition) is 2. The van der Waals surface area contributed by atoms with Crippen LogP contribution in [0.15, 0.2) is 36.4 Å². The largest absolute Gasteiger partial charge is 0.389 e. The Hall–Kier alpha value is -1.65. The molecule has 0 aliphatic heterocycles. The van der Waals surface area contributed by atoms with E-state index in [4.69, 9.17) is 29.6 Å². The monoisotopic (exact) mass is 322 g/mol. The summed E-state index contributed by atoms with van der Waals surface area (Å²) in [7, 11) is 0. The summed E-state index contributed by atoms with van der Waals surface area (Å²) < 4.78 is 13.7. The van der Waals surface area contributed by atoms with E-state index in [1.807, 2.05) is 25.1 Å². The number of benzene rings is 2. The summed E-state index contributed by atoms with van der Waals surface area (Å²) in [5.74, 6) is -0.221. The molecule has 1 unspecified atom stereocenters. The van der Waals surface area contributed by atoms with Crippen molar-refractivity contribution >= 4 is 34.5 Å². The molecule has 0 aliphatic carbocycles. The summed E-state index contributed by atoms with van der Waals surface area (Å²) in [6.45, 7) is 3.67. The Kier molecular flexibility index (Phi) is 4.80. The molecule has 5 heteroatoms. The first-order chi connectivity index (χ1) is 9.90. The number of aryl methyl sites for hydroxylation is 1. The average Bonchev–Trinajstić information content (AvgIpc) is 2.41. The molecule has 0 saturated carbocycles. The van der Waals surface area contributed by atoms with Gasteiger partial charge in [0.2, 0.25) is 0 Å². The second-order valence-corrected chi connectivity index (χ2v) is 5.75. The van der Waals surface area contributed by atoms with Crippen LogP contribution in [-0.4, -0.2) is 4.99 Å². The smallest absolute Gasteiger partial charge is 0.126 e. The van der Waals surface area contributed by atoms with Crippen molar-refractivity contribution in [1.82, 2.24) is 0 Å². The van der Waals surface area contributed by atoms with Crippen LogP contribution in [0.4, 0.5) is 10.1 Å².